The van der Waals surface area contributed by atoms with Gasteiger partial charge in [-0.3, -0.25) is 4.79 Å². The van der Waals surface area contributed by atoms with Crippen molar-refractivity contribution in [3.8, 4) is 5.69 Å². The Morgan fingerprint density at radius 1 is 1.32 bits per heavy atom. The van der Waals surface area contributed by atoms with Crippen LogP contribution >= 0.6 is 27.5 Å². The van der Waals surface area contributed by atoms with Gasteiger partial charge in [0.1, 0.15) is 0 Å². The summed E-state index contributed by atoms with van der Waals surface area (Å²) in [5.74, 6) is 0.355. The van der Waals surface area contributed by atoms with E-state index in [1.54, 1.807) is 6.20 Å². The summed E-state index contributed by atoms with van der Waals surface area (Å²) < 4.78 is 1.89. The third kappa shape index (κ3) is 2.68. The summed E-state index contributed by atoms with van der Waals surface area (Å²) in [4.78, 5) is 14.0. The second-order valence-electron chi connectivity index (χ2n) is 5.70. The molecule has 1 amide bonds. The summed E-state index contributed by atoms with van der Waals surface area (Å²) in [5.41, 5.74) is 2.88. The molecule has 0 aliphatic carbocycles. The molecule has 0 bridgehead atoms. The van der Waals surface area contributed by atoms with Crippen LogP contribution in [0.1, 0.15) is 31.9 Å². The van der Waals surface area contributed by atoms with Crippen LogP contribution in [0.3, 0.4) is 0 Å². The average molecular weight is 383 g/mol. The minimum Gasteiger partial charge on any atom is -0.308 e. The van der Waals surface area contributed by atoms with E-state index < -0.39 is 0 Å². The Labute approximate surface area is 143 Å². The molecule has 0 saturated carbocycles. The van der Waals surface area contributed by atoms with Gasteiger partial charge >= 0.3 is 0 Å². The first-order valence-corrected chi connectivity index (χ1v) is 8.57. The van der Waals surface area contributed by atoms with Crippen LogP contribution in [-0.4, -0.2) is 27.1 Å². The monoisotopic (exact) mass is 381 g/mol. The Hall–Kier alpha value is -1.33. The highest BCUT2D eigenvalue weighted by atomic mass is 79.9. The summed E-state index contributed by atoms with van der Waals surface area (Å²) in [7, 11) is 0. The van der Waals surface area contributed by atoms with Gasteiger partial charge in [0.2, 0.25) is 5.91 Å². The summed E-state index contributed by atoms with van der Waals surface area (Å²) >= 11 is 9.39. The lowest BCUT2D eigenvalue weighted by molar-refractivity contribution is -0.116. The van der Waals surface area contributed by atoms with Gasteiger partial charge in [-0.05, 0) is 36.6 Å². The molecule has 116 valence electrons. The molecule has 4 nitrogen and oxygen atoms in total. The van der Waals surface area contributed by atoms with E-state index >= 15 is 0 Å². The summed E-state index contributed by atoms with van der Waals surface area (Å²) in [6.07, 6.45) is 2.61. The first-order valence-electron chi connectivity index (χ1n) is 7.28. The maximum atomic E-state index is 12.3. The predicted molar refractivity (Wildman–Crippen MR) is 92.3 cm³/mol. The Bertz CT molecular complexity index is 696. The van der Waals surface area contributed by atoms with Crippen molar-refractivity contribution in [2.24, 2.45) is 0 Å². The number of rotatable bonds is 3. The molecule has 1 aromatic carbocycles. The third-order valence-corrected chi connectivity index (χ3v) is 4.94. The fraction of sp³-hybridized carbons (Fsp3) is 0.375. The molecule has 1 fully saturated rings. The van der Waals surface area contributed by atoms with Crippen LogP contribution in [0, 0.1) is 0 Å². The largest absolute Gasteiger partial charge is 0.308 e. The highest BCUT2D eigenvalue weighted by molar-refractivity contribution is 9.10. The summed E-state index contributed by atoms with van der Waals surface area (Å²) in [5, 5.41) is 5.20. The topological polar surface area (TPSA) is 38.1 Å². The highest BCUT2D eigenvalue weighted by Gasteiger charge is 2.33. The predicted octanol–water partition coefficient (Wildman–Crippen LogP) is 4.15. The highest BCUT2D eigenvalue weighted by Crippen LogP contribution is 2.33. The van der Waals surface area contributed by atoms with Gasteiger partial charge in [0, 0.05) is 11.6 Å². The lowest BCUT2D eigenvalue weighted by Crippen LogP contribution is -2.28. The fourth-order valence-electron chi connectivity index (χ4n) is 2.77. The molecule has 0 N–H and O–H groups in total. The van der Waals surface area contributed by atoms with Gasteiger partial charge in [-0.15, -0.1) is 0 Å². The molecule has 22 heavy (non-hydrogen) atoms. The van der Waals surface area contributed by atoms with Crippen LogP contribution < -0.4 is 4.90 Å². The first kappa shape index (κ1) is 15.6. The van der Waals surface area contributed by atoms with Gasteiger partial charge in [0.15, 0.2) is 0 Å². The molecule has 2 heterocycles. The van der Waals surface area contributed by atoms with E-state index in [0.29, 0.717) is 5.02 Å². The van der Waals surface area contributed by atoms with Gasteiger partial charge in [-0.25, -0.2) is 4.68 Å². The van der Waals surface area contributed by atoms with E-state index in [0.717, 1.165) is 30.0 Å². The number of hydrogen-bond acceptors (Lipinski definition) is 2. The van der Waals surface area contributed by atoms with Gasteiger partial charge in [-0.1, -0.05) is 41.4 Å². The molecular weight excluding hydrogens is 366 g/mol. The molecule has 1 atom stereocenters. The number of nitrogens with zero attached hydrogens (tertiary/aromatic N) is 3. The van der Waals surface area contributed by atoms with Crippen LogP contribution in [0.25, 0.3) is 5.69 Å². The zero-order chi connectivity index (χ0) is 15.9. The number of alkyl halides is 1. The second-order valence-corrected chi connectivity index (χ2v) is 7.25. The number of carbonyl (C=O) groups is 1. The number of hydrogen-bond donors (Lipinski definition) is 0. The van der Waals surface area contributed by atoms with Gasteiger partial charge in [0.25, 0.3) is 0 Å². The van der Waals surface area contributed by atoms with Crippen molar-refractivity contribution in [2.75, 3.05) is 11.4 Å². The molecule has 6 heteroatoms. The average Bonchev–Trinajstić information content (AvgIpc) is 3.05. The summed E-state index contributed by atoms with van der Waals surface area (Å²) in [6, 6.07) is 7.56. The zero-order valence-corrected chi connectivity index (χ0v) is 14.8. The van der Waals surface area contributed by atoms with Crippen molar-refractivity contribution in [2.45, 2.75) is 31.0 Å². The van der Waals surface area contributed by atoms with E-state index in [4.69, 9.17) is 11.6 Å². The van der Waals surface area contributed by atoms with Crippen molar-refractivity contribution in [3.05, 3.63) is 41.2 Å². The van der Waals surface area contributed by atoms with Gasteiger partial charge in [-0.2, -0.15) is 5.10 Å². The zero-order valence-electron chi connectivity index (χ0n) is 12.5. The lowest BCUT2D eigenvalue weighted by Gasteiger charge is -2.19. The quantitative estimate of drug-likeness (QED) is 0.748. The minimum atomic E-state index is -0.0913. The molecule has 1 unspecified atom stereocenters. The Morgan fingerprint density at radius 3 is 2.55 bits per heavy atom. The summed E-state index contributed by atoms with van der Waals surface area (Å²) in [6.45, 7) is 4.94. The Balaban J connectivity index is 2.06. The van der Waals surface area contributed by atoms with E-state index in [1.807, 2.05) is 33.8 Å². The van der Waals surface area contributed by atoms with Crippen molar-refractivity contribution in [3.63, 3.8) is 0 Å². The minimum absolute atomic E-state index is 0.0913. The molecule has 1 aliphatic rings. The number of carbonyl (C=O) groups excluding carboxylic acids is 1. The number of aromatic nitrogens is 2. The second kappa shape index (κ2) is 6.05. The van der Waals surface area contributed by atoms with Crippen LogP contribution in [0.15, 0.2) is 30.5 Å². The van der Waals surface area contributed by atoms with Crippen molar-refractivity contribution >= 4 is 39.1 Å². The molecule has 0 spiro atoms. The maximum absolute atomic E-state index is 12.3. The van der Waals surface area contributed by atoms with Crippen LogP contribution in [0.4, 0.5) is 5.69 Å². The molecule has 1 aromatic heterocycles. The Kier molecular flexibility index (Phi) is 4.28. The van der Waals surface area contributed by atoms with Gasteiger partial charge < -0.3 is 4.90 Å². The molecule has 1 aliphatic heterocycles. The van der Waals surface area contributed by atoms with E-state index in [1.165, 1.54) is 0 Å². The van der Waals surface area contributed by atoms with Crippen LogP contribution in [0.5, 0.6) is 0 Å². The number of benzene rings is 1. The van der Waals surface area contributed by atoms with E-state index in [-0.39, 0.29) is 16.7 Å². The number of anilines is 1. The van der Waals surface area contributed by atoms with Crippen LogP contribution in [-0.2, 0) is 4.79 Å². The van der Waals surface area contributed by atoms with Crippen molar-refractivity contribution in [1.29, 1.82) is 0 Å². The first-order chi connectivity index (χ1) is 10.5. The SMILES string of the molecule is CC(C)c1c(N2CCC(Br)C2=O)cnn1-c1ccc(Cl)cc1. The molecular formula is C16H17BrClN3O. The fourth-order valence-corrected chi connectivity index (χ4v) is 3.35. The lowest BCUT2D eigenvalue weighted by atomic mass is 10.1. The normalized spacial score (nSPS) is 18.5. The van der Waals surface area contributed by atoms with E-state index in [2.05, 4.69) is 34.9 Å². The van der Waals surface area contributed by atoms with Crippen molar-refractivity contribution in [1.82, 2.24) is 9.78 Å². The molecule has 0 radical (unpaired) electrons. The Morgan fingerprint density at radius 2 is 2.00 bits per heavy atom. The van der Waals surface area contributed by atoms with Crippen molar-refractivity contribution < 1.29 is 4.79 Å². The smallest absolute Gasteiger partial charge is 0.240 e. The van der Waals surface area contributed by atoms with E-state index in [9.17, 15) is 4.79 Å². The molecule has 1 saturated heterocycles. The molecule has 2 aromatic rings. The third-order valence-electron chi connectivity index (χ3n) is 3.84. The maximum Gasteiger partial charge on any atom is 0.240 e. The number of halogens is 2. The number of amides is 1. The molecule has 3 rings (SSSR count). The standard InChI is InChI=1S/C16H17BrClN3O/c1-10(2)15-14(20-8-7-13(17)16(20)22)9-19-21(15)12-5-3-11(18)4-6-12/h3-6,9-10,13H,7-8H2,1-2H3. The van der Waals surface area contributed by atoms with Gasteiger partial charge in [0.05, 0.1) is 28.1 Å². The van der Waals surface area contributed by atoms with Crippen LogP contribution in [0.2, 0.25) is 5.02 Å².